The second-order valence-electron chi connectivity index (χ2n) is 9.89. The molecule has 2 fully saturated rings. The first-order valence-corrected chi connectivity index (χ1v) is 12.9. The first kappa shape index (κ1) is 29.4. The molecule has 224 valence electrons. The van der Waals surface area contributed by atoms with Crippen molar-refractivity contribution in [1.29, 1.82) is 0 Å². The summed E-state index contributed by atoms with van der Waals surface area (Å²) in [5.74, 6) is -0.0569. The molecule has 3 aromatic rings. The third kappa shape index (κ3) is 5.22. The van der Waals surface area contributed by atoms with Crippen molar-refractivity contribution in [2.24, 2.45) is 0 Å². The number of rotatable bonds is 7. The molecule has 0 unspecified atom stereocenters. The monoisotopic (exact) mass is 580 g/mol. The summed E-state index contributed by atoms with van der Waals surface area (Å²) in [7, 11) is 2.67. The fourth-order valence-electron chi connectivity index (χ4n) is 4.95. The van der Waals surface area contributed by atoms with Gasteiger partial charge in [-0.3, -0.25) is 4.79 Å². The SMILES string of the molecule is COc1c(O[C@@H]2O[C@H](CO[C@@H]3O[C@@H](C)[C@H](O)[C@@H](O)[C@@H]3O)[C@@H](O)[C@H](O)[C@H]2O)cc2c(=O)c3ccccc3oc2c1OC. The van der Waals surface area contributed by atoms with Crippen LogP contribution in [0.2, 0.25) is 0 Å². The van der Waals surface area contributed by atoms with E-state index >= 15 is 0 Å². The fourth-order valence-corrected chi connectivity index (χ4v) is 4.95. The summed E-state index contributed by atoms with van der Waals surface area (Å²) < 4.78 is 39.4. The number of hydrogen-bond donors (Lipinski definition) is 6. The van der Waals surface area contributed by atoms with E-state index in [4.69, 9.17) is 32.8 Å². The van der Waals surface area contributed by atoms with Crippen molar-refractivity contribution < 1.29 is 63.5 Å². The van der Waals surface area contributed by atoms with Crippen molar-refractivity contribution >= 4 is 21.9 Å². The van der Waals surface area contributed by atoms with Crippen molar-refractivity contribution in [1.82, 2.24) is 0 Å². The number of fused-ring (bicyclic) bond motifs is 2. The number of methoxy groups -OCH3 is 2. The molecule has 10 atom stereocenters. The Hall–Kier alpha value is -3.05. The Morgan fingerprint density at radius 3 is 2.15 bits per heavy atom. The lowest BCUT2D eigenvalue weighted by Crippen LogP contribution is -2.61. The predicted molar refractivity (Wildman–Crippen MR) is 139 cm³/mol. The number of ether oxygens (including phenoxy) is 6. The normalized spacial score (nSPS) is 34.1. The van der Waals surface area contributed by atoms with Crippen molar-refractivity contribution in [2.75, 3.05) is 20.8 Å². The third-order valence-electron chi connectivity index (χ3n) is 7.30. The van der Waals surface area contributed by atoms with Crippen molar-refractivity contribution in [3.63, 3.8) is 0 Å². The standard InChI is InChI=1S/C27H32O14/c1-10-16(28)19(31)21(33)26(38-10)37-9-15-18(30)20(32)22(34)27(41-15)40-14-8-12-17(29)11-6-4-5-7-13(11)39-23(12)25(36-3)24(14)35-2/h4-8,10,15-16,18-22,26-28,30-34H,9H2,1-3H3/t10-,15+,16-,18+,19+,20-,21-,22+,26+,27+/m0/s1. The average Bonchev–Trinajstić information content (AvgIpc) is 2.97. The number of hydrogen-bond acceptors (Lipinski definition) is 14. The maximum absolute atomic E-state index is 13.3. The van der Waals surface area contributed by atoms with E-state index in [0.717, 1.165) is 0 Å². The minimum Gasteiger partial charge on any atom is -0.490 e. The Morgan fingerprint density at radius 1 is 0.780 bits per heavy atom. The van der Waals surface area contributed by atoms with E-state index in [0.29, 0.717) is 11.0 Å². The maximum atomic E-state index is 13.3. The Bertz CT molecular complexity index is 1440. The molecule has 2 aromatic carbocycles. The van der Waals surface area contributed by atoms with E-state index in [1.165, 1.54) is 27.2 Å². The zero-order valence-corrected chi connectivity index (χ0v) is 22.3. The Labute approximate surface area is 232 Å². The molecule has 1 aromatic heterocycles. The molecule has 2 aliphatic rings. The van der Waals surface area contributed by atoms with Gasteiger partial charge in [-0.25, -0.2) is 0 Å². The second-order valence-corrected chi connectivity index (χ2v) is 9.89. The number of aliphatic hydroxyl groups is 6. The molecule has 0 aliphatic carbocycles. The number of benzene rings is 2. The van der Waals surface area contributed by atoms with E-state index in [1.807, 2.05) is 0 Å². The molecule has 0 amide bonds. The van der Waals surface area contributed by atoms with Crippen LogP contribution in [0.3, 0.4) is 0 Å². The van der Waals surface area contributed by atoms with Crippen molar-refractivity contribution in [3.8, 4) is 17.2 Å². The Balaban J connectivity index is 1.43. The molecule has 0 bridgehead atoms. The first-order chi connectivity index (χ1) is 19.6. The van der Waals surface area contributed by atoms with Gasteiger partial charge in [0.15, 0.2) is 17.6 Å². The zero-order valence-electron chi connectivity index (χ0n) is 22.3. The Kier molecular flexibility index (Phi) is 8.39. The van der Waals surface area contributed by atoms with E-state index in [-0.39, 0.29) is 33.6 Å². The van der Waals surface area contributed by atoms with Crippen LogP contribution in [-0.4, -0.2) is 113 Å². The molecule has 2 aliphatic heterocycles. The van der Waals surface area contributed by atoms with Crippen LogP contribution < -0.4 is 19.6 Å². The van der Waals surface area contributed by atoms with Crippen LogP contribution in [0.15, 0.2) is 39.5 Å². The first-order valence-electron chi connectivity index (χ1n) is 12.9. The molecule has 6 N–H and O–H groups in total. The minimum absolute atomic E-state index is 0.00269. The van der Waals surface area contributed by atoms with Gasteiger partial charge in [-0.05, 0) is 25.1 Å². The molecule has 5 rings (SSSR count). The highest BCUT2D eigenvalue weighted by Gasteiger charge is 2.47. The minimum atomic E-state index is -1.76. The summed E-state index contributed by atoms with van der Waals surface area (Å²) in [6.45, 7) is 0.997. The number of para-hydroxylation sites is 1. The summed E-state index contributed by atoms with van der Waals surface area (Å²) in [6, 6.07) is 7.96. The van der Waals surface area contributed by atoms with E-state index in [9.17, 15) is 35.4 Å². The van der Waals surface area contributed by atoms with Crippen molar-refractivity contribution in [2.45, 2.75) is 68.3 Å². The van der Waals surface area contributed by atoms with E-state index < -0.39 is 68.0 Å². The molecule has 0 spiro atoms. The van der Waals surface area contributed by atoms with Crippen LogP contribution in [0, 0.1) is 0 Å². The van der Waals surface area contributed by atoms with Gasteiger partial charge in [-0.2, -0.15) is 0 Å². The van der Waals surface area contributed by atoms with Gasteiger partial charge in [-0.1, -0.05) is 12.1 Å². The van der Waals surface area contributed by atoms with Gasteiger partial charge in [0.25, 0.3) is 0 Å². The van der Waals surface area contributed by atoms with Crippen LogP contribution in [-0.2, 0) is 14.2 Å². The summed E-state index contributed by atoms with van der Waals surface area (Å²) in [6.07, 6.45) is -14.8. The molecule has 3 heterocycles. The molecular formula is C27H32O14. The average molecular weight is 581 g/mol. The van der Waals surface area contributed by atoms with Crippen LogP contribution >= 0.6 is 0 Å². The van der Waals surface area contributed by atoms with Crippen LogP contribution in [0.25, 0.3) is 21.9 Å². The quantitative estimate of drug-likeness (QED) is 0.185. The zero-order chi connectivity index (χ0) is 29.6. The smallest absolute Gasteiger partial charge is 0.229 e. The summed E-state index contributed by atoms with van der Waals surface area (Å²) in [5, 5.41) is 62.2. The predicted octanol–water partition coefficient (Wildman–Crippen LogP) is -1.01. The van der Waals surface area contributed by atoms with Gasteiger partial charge in [0.05, 0.1) is 37.7 Å². The highest BCUT2D eigenvalue weighted by atomic mass is 16.7. The molecule has 0 radical (unpaired) electrons. The molecule has 41 heavy (non-hydrogen) atoms. The van der Waals surface area contributed by atoms with Gasteiger partial charge < -0.3 is 63.5 Å². The second kappa shape index (κ2) is 11.7. The van der Waals surface area contributed by atoms with Crippen LogP contribution in [0.4, 0.5) is 0 Å². The lowest BCUT2D eigenvalue weighted by atomic mass is 9.98. The van der Waals surface area contributed by atoms with E-state index in [2.05, 4.69) is 0 Å². The molecular weight excluding hydrogens is 548 g/mol. The molecule has 14 nitrogen and oxygen atoms in total. The van der Waals surface area contributed by atoms with Crippen LogP contribution in [0.1, 0.15) is 6.92 Å². The largest absolute Gasteiger partial charge is 0.490 e. The van der Waals surface area contributed by atoms with Crippen LogP contribution in [0.5, 0.6) is 17.2 Å². The van der Waals surface area contributed by atoms with Gasteiger partial charge >= 0.3 is 0 Å². The maximum Gasteiger partial charge on any atom is 0.229 e. The lowest BCUT2D eigenvalue weighted by Gasteiger charge is -2.42. The molecule has 2 saturated heterocycles. The number of aliphatic hydroxyl groups excluding tert-OH is 6. The van der Waals surface area contributed by atoms with Gasteiger partial charge in [0.1, 0.15) is 48.3 Å². The highest BCUT2D eigenvalue weighted by Crippen LogP contribution is 2.44. The highest BCUT2D eigenvalue weighted by molar-refractivity contribution is 5.95. The van der Waals surface area contributed by atoms with Crippen molar-refractivity contribution in [3.05, 3.63) is 40.6 Å². The molecule has 0 saturated carbocycles. The lowest BCUT2D eigenvalue weighted by molar-refractivity contribution is -0.318. The summed E-state index contributed by atoms with van der Waals surface area (Å²) >= 11 is 0. The van der Waals surface area contributed by atoms with Gasteiger partial charge in [0.2, 0.25) is 23.2 Å². The third-order valence-corrected chi connectivity index (χ3v) is 7.30. The Morgan fingerprint density at radius 2 is 1.44 bits per heavy atom. The topological polar surface area (TPSA) is 207 Å². The van der Waals surface area contributed by atoms with Gasteiger partial charge in [0, 0.05) is 0 Å². The summed E-state index contributed by atoms with van der Waals surface area (Å²) in [4.78, 5) is 13.3. The fraction of sp³-hybridized carbons (Fsp3) is 0.519. The van der Waals surface area contributed by atoms with E-state index in [1.54, 1.807) is 24.3 Å². The molecule has 14 heteroatoms. The summed E-state index contributed by atoms with van der Waals surface area (Å²) in [5.41, 5.74) is 0.0420. The van der Waals surface area contributed by atoms with Gasteiger partial charge in [-0.15, -0.1) is 0 Å².